The van der Waals surface area contributed by atoms with Gasteiger partial charge in [-0.2, -0.15) is 0 Å². The molecule has 1 unspecified atom stereocenters. The van der Waals surface area contributed by atoms with Crippen molar-refractivity contribution in [2.24, 2.45) is 17.6 Å². The molecule has 1 rings (SSSR count). The first-order valence-corrected chi connectivity index (χ1v) is 22.9. The van der Waals surface area contributed by atoms with Gasteiger partial charge in [0.1, 0.15) is 6.61 Å². The molecule has 0 amide bonds. The minimum absolute atomic E-state index is 0.0484. The Morgan fingerprint density at radius 1 is 0.782 bits per heavy atom. The van der Waals surface area contributed by atoms with E-state index in [0.29, 0.717) is 32.1 Å². The Labute approximate surface area is 333 Å². The maximum absolute atomic E-state index is 12.7. The largest absolute Gasteiger partial charge is 0.498 e. The SMILES string of the molecule is CCCCCC/C=C\CCCCCCCC/C=C/OC[C@H](COP(=O)(O)OCCN)OC(=O)CCC/C=C/C[C@@H]1[C@@H](/C=C/[C@@H](O)CCCCC)[C@H](O)C[C@@H]1O. The summed E-state index contributed by atoms with van der Waals surface area (Å²) in [4.78, 5) is 22.6. The molecule has 0 saturated heterocycles. The van der Waals surface area contributed by atoms with Crippen LogP contribution in [0.1, 0.15) is 155 Å². The Balaban J connectivity index is 2.40. The van der Waals surface area contributed by atoms with Crippen molar-refractivity contribution in [1.29, 1.82) is 0 Å². The summed E-state index contributed by atoms with van der Waals surface area (Å²) in [7, 11) is -4.36. The third kappa shape index (κ3) is 28.3. The van der Waals surface area contributed by atoms with Crippen LogP contribution in [-0.2, 0) is 27.9 Å². The van der Waals surface area contributed by atoms with Gasteiger partial charge in [0.2, 0.25) is 0 Å². The molecule has 0 heterocycles. The third-order valence-electron chi connectivity index (χ3n) is 9.85. The lowest BCUT2D eigenvalue weighted by Gasteiger charge is -2.20. The molecule has 320 valence electrons. The van der Waals surface area contributed by atoms with Crippen LogP contribution in [0.25, 0.3) is 0 Å². The van der Waals surface area contributed by atoms with Crippen LogP contribution in [0.3, 0.4) is 0 Å². The number of esters is 1. The van der Waals surface area contributed by atoms with Gasteiger partial charge in [0.25, 0.3) is 0 Å². The summed E-state index contributed by atoms with van der Waals surface area (Å²) in [6.07, 6.45) is 34.5. The van der Waals surface area contributed by atoms with Crippen LogP contribution in [0.4, 0.5) is 0 Å². The zero-order chi connectivity index (χ0) is 40.4. The lowest BCUT2D eigenvalue weighted by Crippen LogP contribution is -2.27. The fraction of sp³-hybridized carbons (Fsp3) is 0.791. The number of aliphatic hydroxyl groups is 3. The van der Waals surface area contributed by atoms with E-state index in [2.05, 4.69) is 26.0 Å². The molecule has 0 spiro atoms. The number of rotatable bonds is 36. The first-order valence-electron chi connectivity index (χ1n) is 21.4. The normalized spacial score (nSPS) is 21.3. The van der Waals surface area contributed by atoms with Crippen molar-refractivity contribution in [1.82, 2.24) is 0 Å². The second-order valence-corrected chi connectivity index (χ2v) is 16.3. The van der Waals surface area contributed by atoms with Crippen molar-refractivity contribution < 1.29 is 48.1 Å². The van der Waals surface area contributed by atoms with E-state index in [0.717, 1.165) is 38.5 Å². The molecule has 12 heteroatoms. The Morgan fingerprint density at radius 3 is 2.05 bits per heavy atom. The van der Waals surface area contributed by atoms with Crippen molar-refractivity contribution >= 4 is 13.8 Å². The number of nitrogens with two attached hydrogens (primary N) is 1. The molecule has 0 aromatic rings. The molecule has 1 aliphatic carbocycles. The van der Waals surface area contributed by atoms with Gasteiger partial charge in [0.15, 0.2) is 6.10 Å². The fourth-order valence-corrected chi connectivity index (χ4v) is 7.36. The van der Waals surface area contributed by atoms with Gasteiger partial charge in [-0.15, -0.1) is 0 Å². The van der Waals surface area contributed by atoms with E-state index in [1.165, 1.54) is 64.2 Å². The summed E-state index contributed by atoms with van der Waals surface area (Å²) in [5.74, 6) is -0.872. The molecule has 55 heavy (non-hydrogen) atoms. The molecular formula is C43H78NO10P. The second kappa shape index (κ2) is 34.2. The lowest BCUT2D eigenvalue weighted by molar-refractivity contribution is -0.153. The van der Waals surface area contributed by atoms with Crippen LogP contribution >= 0.6 is 7.82 Å². The van der Waals surface area contributed by atoms with Crippen molar-refractivity contribution in [3.05, 3.63) is 48.8 Å². The summed E-state index contributed by atoms with van der Waals surface area (Å²) in [5.41, 5.74) is 5.35. The molecule has 1 saturated carbocycles. The van der Waals surface area contributed by atoms with Gasteiger partial charge in [0.05, 0.1) is 37.8 Å². The minimum Gasteiger partial charge on any atom is -0.498 e. The molecule has 0 bridgehead atoms. The number of unbranched alkanes of at least 4 members (excludes halogenated alkanes) is 14. The van der Waals surface area contributed by atoms with Crippen molar-refractivity contribution in [3.8, 4) is 0 Å². The Bertz CT molecular complexity index is 1100. The average Bonchev–Trinajstić information content (AvgIpc) is 3.43. The summed E-state index contributed by atoms with van der Waals surface area (Å²) in [5, 5.41) is 31.3. The van der Waals surface area contributed by atoms with E-state index in [1.54, 1.807) is 12.3 Å². The highest BCUT2D eigenvalue weighted by atomic mass is 31.2. The van der Waals surface area contributed by atoms with Gasteiger partial charge in [0, 0.05) is 25.3 Å². The Kier molecular flexibility index (Phi) is 31.9. The number of hydrogen-bond acceptors (Lipinski definition) is 10. The smallest absolute Gasteiger partial charge is 0.472 e. The van der Waals surface area contributed by atoms with Crippen molar-refractivity contribution in [2.75, 3.05) is 26.4 Å². The summed E-state index contributed by atoms with van der Waals surface area (Å²) < 4.78 is 33.1. The van der Waals surface area contributed by atoms with E-state index >= 15 is 0 Å². The van der Waals surface area contributed by atoms with Crippen molar-refractivity contribution in [3.63, 3.8) is 0 Å². The predicted octanol–water partition coefficient (Wildman–Crippen LogP) is 9.14. The number of aliphatic hydroxyl groups excluding tert-OH is 3. The highest BCUT2D eigenvalue weighted by molar-refractivity contribution is 7.47. The van der Waals surface area contributed by atoms with Crippen LogP contribution in [0.2, 0.25) is 0 Å². The zero-order valence-corrected chi connectivity index (χ0v) is 35.1. The van der Waals surface area contributed by atoms with Crippen LogP contribution < -0.4 is 5.73 Å². The van der Waals surface area contributed by atoms with Gasteiger partial charge in [-0.05, 0) is 76.2 Å². The molecule has 0 radical (unpaired) electrons. The van der Waals surface area contributed by atoms with Crippen LogP contribution in [0, 0.1) is 11.8 Å². The summed E-state index contributed by atoms with van der Waals surface area (Å²) in [6.45, 7) is 3.83. The molecule has 1 aliphatic rings. The number of carbonyl (C=O) groups excluding carboxylic acids is 1. The van der Waals surface area contributed by atoms with E-state index in [9.17, 15) is 29.6 Å². The summed E-state index contributed by atoms with van der Waals surface area (Å²) >= 11 is 0. The first kappa shape index (κ1) is 51.2. The number of phosphoric ester groups is 1. The highest BCUT2D eigenvalue weighted by Crippen LogP contribution is 2.43. The number of allylic oxidation sites excluding steroid dienone is 5. The average molecular weight is 800 g/mol. The molecule has 11 nitrogen and oxygen atoms in total. The van der Waals surface area contributed by atoms with Gasteiger partial charge >= 0.3 is 13.8 Å². The zero-order valence-electron chi connectivity index (χ0n) is 34.2. The summed E-state index contributed by atoms with van der Waals surface area (Å²) in [6, 6.07) is 0. The van der Waals surface area contributed by atoms with Gasteiger partial charge in [-0.3, -0.25) is 13.8 Å². The second-order valence-electron chi connectivity index (χ2n) is 14.9. The van der Waals surface area contributed by atoms with Crippen LogP contribution in [-0.4, -0.2) is 77.0 Å². The molecule has 6 N–H and O–H groups in total. The number of ether oxygens (including phenoxy) is 2. The molecule has 7 atom stereocenters. The molecular weight excluding hydrogens is 721 g/mol. The number of hydrogen-bond donors (Lipinski definition) is 5. The standard InChI is InChI=1S/C43H78NO10P/c1-3-5-7-8-9-10-11-12-13-14-15-16-17-18-21-25-32-51-35-38(36-53-55(49,50)52-33-31-44)54-43(48)28-24-20-19-23-27-39-40(42(47)34-41(39)46)30-29-37(45)26-22-6-4-2/h10-11,19,23,25,29-30,32,37-42,45-47H,3-9,12-18,20-22,24,26-28,31,33-36,44H2,1-2H3,(H,49,50)/b11-10-,23-19+,30-29+,32-25+/t37-,38+,39+,40+,41-,42+/m0/s1. The molecule has 1 fully saturated rings. The fourth-order valence-electron chi connectivity index (χ4n) is 6.60. The van der Waals surface area contributed by atoms with E-state index < -0.39 is 38.2 Å². The van der Waals surface area contributed by atoms with Crippen LogP contribution in [0.5, 0.6) is 0 Å². The first-order chi connectivity index (χ1) is 26.6. The number of phosphoric acid groups is 1. The quantitative estimate of drug-likeness (QED) is 0.0134. The predicted molar refractivity (Wildman–Crippen MR) is 221 cm³/mol. The third-order valence-corrected chi connectivity index (χ3v) is 10.8. The van der Waals surface area contributed by atoms with Gasteiger partial charge in [-0.25, -0.2) is 4.57 Å². The maximum atomic E-state index is 12.7. The minimum atomic E-state index is -4.36. The molecule has 0 aromatic carbocycles. The Morgan fingerprint density at radius 2 is 1.38 bits per heavy atom. The van der Waals surface area contributed by atoms with E-state index in [-0.39, 0.29) is 44.6 Å². The van der Waals surface area contributed by atoms with E-state index in [1.807, 2.05) is 24.3 Å². The van der Waals surface area contributed by atoms with Gasteiger partial charge < -0.3 is 35.4 Å². The maximum Gasteiger partial charge on any atom is 0.472 e. The van der Waals surface area contributed by atoms with Gasteiger partial charge in [-0.1, -0.05) is 115 Å². The van der Waals surface area contributed by atoms with Crippen LogP contribution in [0.15, 0.2) is 48.8 Å². The Hall–Kier alpha value is -1.82. The van der Waals surface area contributed by atoms with E-state index in [4.69, 9.17) is 24.3 Å². The lowest BCUT2D eigenvalue weighted by atomic mass is 9.89. The molecule has 0 aromatic heterocycles. The topological polar surface area (TPSA) is 178 Å². The number of carbonyl (C=O) groups is 1. The van der Waals surface area contributed by atoms with Crippen molar-refractivity contribution in [2.45, 2.75) is 180 Å². The highest BCUT2D eigenvalue weighted by Gasteiger charge is 2.39. The molecule has 0 aliphatic heterocycles. The monoisotopic (exact) mass is 800 g/mol.